The highest BCUT2D eigenvalue weighted by atomic mass is 16.5. The summed E-state index contributed by atoms with van der Waals surface area (Å²) < 4.78 is 5.07. The van der Waals surface area contributed by atoms with Crippen LogP contribution in [0.3, 0.4) is 0 Å². The van der Waals surface area contributed by atoms with Crippen molar-refractivity contribution in [2.45, 2.75) is 25.9 Å². The van der Waals surface area contributed by atoms with Gasteiger partial charge in [0.15, 0.2) is 0 Å². The van der Waals surface area contributed by atoms with Gasteiger partial charge in [-0.3, -0.25) is 9.59 Å². The largest absolute Gasteiger partial charge is 0.386 e. The van der Waals surface area contributed by atoms with E-state index in [2.05, 4.69) is 10.6 Å². The number of carbonyl (C=O) groups excluding carboxylic acids is 2. The molecule has 0 saturated carbocycles. The lowest BCUT2D eigenvalue weighted by Gasteiger charge is -2.20. The highest BCUT2D eigenvalue weighted by molar-refractivity contribution is 6.39. The van der Waals surface area contributed by atoms with Crippen molar-refractivity contribution < 1.29 is 19.4 Å². The molecule has 1 aromatic rings. The molecule has 2 rings (SSSR count). The zero-order chi connectivity index (χ0) is 15.5. The number of nitrogens with one attached hydrogen (secondary N) is 2. The molecule has 6 nitrogen and oxygen atoms in total. The van der Waals surface area contributed by atoms with Gasteiger partial charge in [0.05, 0.1) is 6.61 Å². The lowest BCUT2D eigenvalue weighted by atomic mass is 10.0. The molecule has 0 aliphatic carbocycles. The fourth-order valence-corrected chi connectivity index (χ4v) is 2.30. The predicted octanol–water partition coefficient (Wildman–Crippen LogP) is 0.510. The second-order valence-electron chi connectivity index (χ2n) is 5.54. The summed E-state index contributed by atoms with van der Waals surface area (Å²) in [6, 6.07) is 5.55. The number of aryl methyl sites for hydroxylation is 2. The number of hydrogen-bond acceptors (Lipinski definition) is 4. The second kappa shape index (κ2) is 6.24. The smallest absolute Gasteiger partial charge is 0.313 e. The molecule has 114 valence electrons. The fraction of sp³-hybridized carbons (Fsp3) is 0.467. The Labute approximate surface area is 123 Å². The zero-order valence-electron chi connectivity index (χ0n) is 12.2. The molecule has 1 aromatic carbocycles. The van der Waals surface area contributed by atoms with Crippen molar-refractivity contribution in [3.05, 3.63) is 29.3 Å². The molecule has 1 heterocycles. The average Bonchev–Trinajstić information content (AvgIpc) is 2.82. The topological polar surface area (TPSA) is 87.7 Å². The van der Waals surface area contributed by atoms with Crippen LogP contribution in [-0.2, 0) is 14.3 Å². The minimum absolute atomic E-state index is 0.00605. The number of rotatable bonds is 3. The van der Waals surface area contributed by atoms with Gasteiger partial charge in [0.1, 0.15) is 5.60 Å². The third-order valence-corrected chi connectivity index (χ3v) is 3.35. The summed E-state index contributed by atoms with van der Waals surface area (Å²) in [5.41, 5.74) is 1.51. The van der Waals surface area contributed by atoms with E-state index in [0.717, 1.165) is 11.1 Å². The number of anilines is 1. The molecule has 2 amide bonds. The molecule has 0 radical (unpaired) electrons. The predicted molar refractivity (Wildman–Crippen MR) is 77.9 cm³/mol. The Morgan fingerprint density at radius 2 is 1.90 bits per heavy atom. The molecule has 3 N–H and O–H groups in total. The zero-order valence-corrected chi connectivity index (χ0v) is 12.2. The normalized spacial score (nSPS) is 21.1. The van der Waals surface area contributed by atoms with Gasteiger partial charge in [0, 0.05) is 25.3 Å². The third-order valence-electron chi connectivity index (χ3n) is 3.35. The number of amides is 2. The van der Waals surface area contributed by atoms with E-state index in [4.69, 9.17) is 4.74 Å². The van der Waals surface area contributed by atoms with Crippen molar-refractivity contribution in [3.8, 4) is 0 Å². The van der Waals surface area contributed by atoms with E-state index in [0.29, 0.717) is 18.7 Å². The number of hydrogen-bond donors (Lipinski definition) is 3. The van der Waals surface area contributed by atoms with Crippen LogP contribution in [0.2, 0.25) is 0 Å². The summed E-state index contributed by atoms with van der Waals surface area (Å²) in [6.07, 6.45) is 0.450. The Hall–Kier alpha value is -1.92. The minimum Gasteiger partial charge on any atom is -0.386 e. The SMILES string of the molecule is Cc1cc(C)cc(NC(=O)C(=O)NC[C@]2(O)CCOC2)c1. The maximum Gasteiger partial charge on any atom is 0.313 e. The molecule has 1 atom stereocenters. The van der Waals surface area contributed by atoms with Crippen LogP contribution >= 0.6 is 0 Å². The van der Waals surface area contributed by atoms with Crippen LogP contribution in [0.4, 0.5) is 5.69 Å². The first-order valence-corrected chi connectivity index (χ1v) is 6.86. The molecular formula is C15H20N2O4. The minimum atomic E-state index is -1.07. The quantitative estimate of drug-likeness (QED) is 0.708. The molecule has 0 bridgehead atoms. The van der Waals surface area contributed by atoms with Gasteiger partial charge in [0.25, 0.3) is 0 Å². The van der Waals surface area contributed by atoms with Crippen LogP contribution in [0.15, 0.2) is 18.2 Å². The number of carbonyl (C=O) groups is 2. The molecule has 0 aromatic heterocycles. The molecule has 6 heteroatoms. The standard InChI is InChI=1S/C15H20N2O4/c1-10-5-11(2)7-12(6-10)17-14(19)13(18)16-8-15(20)3-4-21-9-15/h5-7,20H,3-4,8-9H2,1-2H3,(H,16,18)(H,17,19)/t15-/m1/s1. The molecule has 1 aliphatic rings. The number of ether oxygens (including phenoxy) is 1. The van der Waals surface area contributed by atoms with Gasteiger partial charge in [-0.1, -0.05) is 6.07 Å². The monoisotopic (exact) mass is 292 g/mol. The summed E-state index contributed by atoms with van der Waals surface area (Å²) in [4.78, 5) is 23.5. The lowest BCUT2D eigenvalue weighted by molar-refractivity contribution is -0.136. The van der Waals surface area contributed by atoms with E-state index in [-0.39, 0.29) is 13.2 Å². The van der Waals surface area contributed by atoms with E-state index in [1.54, 1.807) is 12.1 Å². The Morgan fingerprint density at radius 3 is 2.48 bits per heavy atom. The number of benzene rings is 1. The highest BCUT2D eigenvalue weighted by Gasteiger charge is 2.33. The molecule has 1 aliphatic heterocycles. The molecule has 0 unspecified atom stereocenters. The molecule has 1 saturated heterocycles. The first kappa shape index (κ1) is 15.5. The van der Waals surface area contributed by atoms with Crippen LogP contribution in [0, 0.1) is 13.8 Å². The second-order valence-corrected chi connectivity index (χ2v) is 5.54. The van der Waals surface area contributed by atoms with Crippen LogP contribution < -0.4 is 10.6 Å². The van der Waals surface area contributed by atoms with Crippen molar-refractivity contribution in [3.63, 3.8) is 0 Å². The van der Waals surface area contributed by atoms with Gasteiger partial charge in [0.2, 0.25) is 0 Å². The Morgan fingerprint density at radius 1 is 1.24 bits per heavy atom. The van der Waals surface area contributed by atoms with Gasteiger partial charge in [-0.05, 0) is 37.1 Å². The summed E-state index contributed by atoms with van der Waals surface area (Å²) in [5.74, 6) is -1.52. The summed E-state index contributed by atoms with van der Waals surface area (Å²) in [5, 5.41) is 15.0. The van der Waals surface area contributed by atoms with E-state index in [9.17, 15) is 14.7 Å². The first-order valence-electron chi connectivity index (χ1n) is 6.86. The lowest BCUT2D eigenvalue weighted by Crippen LogP contribution is -2.46. The van der Waals surface area contributed by atoms with Gasteiger partial charge >= 0.3 is 11.8 Å². The summed E-state index contributed by atoms with van der Waals surface area (Å²) >= 11 is 0. The van der Waals surface area contributed by atoms with Gasteiger partial charge in [-0.15, -0.1) is 0 Å². The van der Waals surface area contributed by atoms with Gasteiger partial charge in [-0.2, -0.15) is 0 Å². The van der Waals surface area contributed by atoms with E-state index in [1.807, 2.05) is 19.9 Å². The van der Waals surface area contributed by atoms with Crippen molar-refractivity contribution >= 4 is 17.5 Å². The molecule has 21 heavy (non-hydrogen) atoms. The van der Waals surface area contributed by atoms with Gasteiger partial charge in [-0.25, -0.2) is 0 Å². The Bertz CT molecular complexity index is 530. The maximum atomic E-state index is 11.8. The van der Waals surface area contributed by atoms with E-state index < -0.39 is 17.4 Å². The molecular weight excluding hydrogens is 272 g/mol. The Balaban J connectivity index is 1.89. The molecule has 1 fully saturated rings. The Kier molecular flexibility index (Phi) is 4.59. The van der Waals surface area contributed by atoms with Gasteiger partial charge < -0.3 is 20.5 Å². The van der Waals surface area contributed by atoms with Crippen molar-refractivity contribution in [2.75, 3.05) is 25.1 Å². The van der Waals surface area contributed by atoms with E-state index >= 15 is 0 Å². The summed E-state index contributed by atoms with van der Waals surface area (Å²) in [6.45, 7) is 4.47. The van der Waals surface area contributed by atoms with Crippen molar-refractivity contribution in [2.24, 2.45) is 0 Å². The maximum absolute atomic E-state index is 11.8. The summed E-state index contributed by atoms with van der Waals surface area (Å²) in [7, 11) is 0. The van der Waals surface area contributed by atoms with Crippen molar-refractivity contribution in [1.29, 1.82) is 0 Å². The van der Waals surface area contributed by atoms with Crippen LogP contribution in [0.25, 0.3) is 0 Å². The molecule has 0 spiro atoms. The average molecular weight is 292 g/mol. The first-order chi connectivity index (χ1) is 9.88. The highest BCUT2D eigenvalue weighted by Crippen LogP contribution is 2.17. The fourth-order valence-electron chi connectivity index (χ4n) is 2.30. The van der Waals surface area contributed by atoms with Crippen molar-refractivity contribution in [1.82, 2.24) is 5.32 Å². The van der Waals surface area contributed by atoms with Crippen LogP contribution in [-0.4, -0.2) is 42.3 Å². The number of aliphatic hydroxyl groups is 1. The third kappa shape index (κ3) is 4.27. The van der Waals surface area contributed by atoms with E-state index in [1.165, 1.54) is 0 Å². The van der Waals surface area contributed by atoms with Crippen LogP contribution in [0.5, 0.6) is 0 Å². The van der Waals surface area contributed by atoms with Crippen LogP contribution in [0.1, 0.15) is 17.5 Å².